The van der Waals surface area contributed by atoms with Crippen molar-refractivity contribution in [3.05, 3.63) is 30.0 Å². The Balaban J connectivity index is 2.08. The number of nitrogens with one attached hydrogen (secondary N) is 1. The van der Waals surface area contributed by atoms with Gasteiger partial charge in [-0.05, 0) is 19.1 Å². The molecule has 1 N–H and O–H groups in total. The molecule has 0 atom stereocenters. The highest BCUT2D eigenvalue weighted by Gasteiger charge is 2.13. The number of hydrogen-bond donors (Lipinski definition) is 1. The first-order valence-electron chi connectivity index (χ1n) is 5.68. The molecule has 1 aliphatic rings. The van der Waals surface area contributed by atoms with Crippen molar-refractivity contribution in [3.8, 4) is 17.6 Å². The topological polar surface area (TPSA) is 80.6 Å². The molecule has 0 amide bonds. The van der Waals surface area contributed by atoms with Gasteiger partial charge in [0.15, 0.2) is 17.1 Å². The average molecular weight is 260 g/mol. The molecule has 0 fully saturated rings. The number of benzene rings is 1. The molecular weight excluding hydrogens is 248 g/mol. The van der Waals surface area contributed by atoms with Crippen LogP contribution in [0.1, 0.15) is 6.92 Å². The predicted molar refractivity (Wildman–Crippen MR) is 66.5 cm³/mol. The maximum absolute atomic E-state index is 11.4. The third-order valence-electron chi connectivity index (χ3n) is 2.37. The number of hydrogen-bond acceptors (Lipinski definition) is 6. The van der Waals surface area contributed by atoms with E-state index in [0.717, 1.165) is 0 Å². The lowest BCUT2D eigenvalue weighted by Gasteiger charge is -2.04. The molecule has 6 heteroatoms. The van der Waals surface area contributed by atoms with Crippen LogP contribution in [0.2, 0.25) is 0 Å². The van der Waals surface area contributed by atoms with E-state index in [1.165, 1.54) is 6.20 Å². The molecule has 2 rings (SSSR count). The van der Waals surface area contributed by atoms with Gasteiger partial charge in [0.05, 0.1) is 6.61 Å². The standard InChI is InChI=1S/C13H12N2O4/c1-2-17-13(16)9(6-14)7-15-10-3-4-11-12(5-10)19-8-18-11/h3-5,7,15H,2,8H2,1H3/b9-7-. The third-order valence-corrected chi connectivity index (χ3v) is 2.37. The second-order valence-corrected chi connectivity index (χ2v) is 3.60. The molecular formula is C13H12N2O4. The van der Waals surface area contributed by atoms with Gasteiger partial charge in [-0.3, -0.25) is 0 Å². The van der Waals surface area contributed by atoms with Crippen molar-refractivity contribution < 1.29 is 19.0 Å². The predicted octanol–water partition coefficient (Wildman–Crippen LogP) is 1.80. The number of nitrogens with zero attached hydrogens (tertiary/aromatic N) is 1. The van der Waals surface area contributed by atoms with E-state index in [9.17, 15) is 4.79 Å². The van der Waals surface area contributed by atoms with E-state index in [2.05, 4.69) is 5.32 Å². The zero-order valence-electron chi connectivity index (χ0n) is 10.3. The van der Waals surface area contributed by atoms with E-state index in [1.807, 2.05) is 0 Å². The van der Waals surface area contributed by atoms with E-state index in [1.54, 1.807) is 31.2 Å². The highest BCUT2D eigenvalue weighted by molar-refractivity contribution is 5.93. The van der Waals surface area contributed by atoms with E-state index in [0.29, 0.717) is 17.2 Å². The second-order valence-electron chi connectivity index (χ2n) is 3.60. The third kappa shape index (κ3) is 2.96. The van der Waals surface area contributed by atoms with Crippen molar-refractivity contribution in [1.82, 2.24) is 0 Å². The van der Waals surface area contributed by atoms with Crippen LogP contribution in [0.25, 0.3) is 0 Å². The first-order valence-corrected chi connectivity index (χ1v) is 5.68. The van der Waals surface area contributed by atoms with Crippen LogP contribution in [0, 0.1) is 11.3 Å². The SMILES string of the molecule is CCOC(=O)/C(C#N)=C\Nc1ccc2c(c1)OCO2. The Morgan fingerprint density at radius 1 is 1.53 bits per heavy atom. The fourth-order valence-electron chi connectivity index (χ4n) is 1.49. The van der Waals surface area contributed by atoms with Crippen LogP contribution in [0.3, 0.4) is 0 Å². The molecule has 19 heavy (non-hydrogen) atoms. The Morgan fingerprint density at radius 2 is 2.32 bits per heavy atom. The van der Waals surface area contributed by atoms with Crippen molar-refractivity contribution in [3.63, 3.8) is 0 Å². The van der Waals surface area contributed by atoms with E-state index in [4.69, 9.17) is 19.5 Å². The van der Waals surface area contributed by atoms with Gasteiger partial charge in [-0.15, -0.1) is 0 Å². The summed E-state index contributed by atoms with van der Waals surface area (Å²) in [6.45, 7) is 2.10. The Labute approximate surface area is 110 Å². The molecule has 0 aromatic heterocycles. The molecule has 0 unspecified atom stereocenters. The number of fused-ring (bicyclic) bond motifs is 1. The lowest BCUT2D eigenvalue weighted by atomic mass is 10.2. The molecule has 1 aromatic rings. The summed E-state index contributed by atoms with van der Waals surface area (Å²) in [5.41, 5.74) is 0.584. The van der Waals surface area contributed by atoms with E-state index < -0.39 is 5.97 Å². The molecule has 1 heterocycles. The first-order chi connectivity index (χ1) is 9.24. The molecule has 0 bridgehead atoms. The Hall–Kier alpha value is -2.68. The smallest absolute Gasteiger partial charge is 0.350 e. The summed E-state index contributed by atoms with van der Waals surface area (Å²) in [5.74, 6) is 0.631. The van der Waals surface area contributed by atoms with E-state index >= 15 is 0 Å². The monoisotopic (exact) mass is 260 g/mol. The van der Waals surface area contributed by atoms with Crippen molar-refractivity contribution in [2.45, 2.75) is 6.92 Å². The van der Waals surface area contributed by atoms with Crippen LogP contribution in [-0.2, 0) is 9.53 Å². The van der Waals surface area contributed by atoms with Gasteiger partial charge in [-0.25, -0.2) is 4.79 Å². The number of carbonyl (C=O) groups excluding carboxylic acids is 1. The quantitative estimate of drug-likeness (QED) is 0.505. The van der Waals surface area contributed by atoms with Gasteiger partial charge in [0, 0.05) is 18.0 Å². The number of ether oxygens (including phenoxy) is 3. The van der Waals surface area contributed by atoms with Gasteiger partial charge in [0.2, 0.25) is 6.79 Å². The van der Waals surface area contributed by atoms with Crippen LogP contribution < -0.4 is 14.8 Å². The molecule has 0 spiro atoms. The number of carbonyl (C=O) groups is 1. The zero-order chi connectivity index (χ0) is 13.7. The summed E-state index contributed by atoms with van der Waals surface area (Å²) in [5, 5.41) is 11.7. The summed E-state index contributed by atoms with van der Waals surface area (Å²) in [4.78, 5) is 11.4. The average Bonchev–Trinajstić information content (AvgIpc) is 2.87. The second kappa shape index (κ2) is 5.78. The minimum Gasteiger partial charge on any atom is -0.462 e. The molecule has 1 aromatic carbocycles. The summed E-state index contributed by atoms with van der Waals surface area (Å²) in [6.07, 6.45) is 1.30. The van der Waals surface area contributed by atoms with Crippen molar-refractivity contribution in [1.29, 1.82) is 5.26 Å². The number of nitriles is 1. The van der Waals surface area contributed by atoms with Gasteiger partial charge in [0.1, 0.15) is 6.07 Å². The Morgan fingerprint density at radius 3 is 3.05 bits per heavy atom. The maximum Gasteiger partial charge on any atom is 0.350 e. The van der Waals surface area contributed by atoms with Crippen LogP contribution in [0.4, 0.5) is 5.69 Å². The van der Waals surface area contributed by atoms with Crippen LogP contribution in [0.15, 0.2) is 30.0 Å². The molecule has 0 radical (unpaired) electrons. The summed E-state index contributed by atoms with van der Waals surface area (Å²) in [7, 11) is 0. The Bertz CT molecular complexity index is 560. The molecule has 98 valence electrons. The highest BCUT2D eigenvalue weighted by atomic mass is 16.7. The van der Waals surface area contributed by atoms with Crippen molar-refractivity contribution >= 4 is 11.7 Å². The molecule has 0 aliphatic carbocycles. The first kappa shape index (κ1) is 12.8. The fourth-order valence-corrected chi connectivity index (χ4v) is 1.49. The minimum atomic E-state index is -0.654. The van der Waals surface area contributed by atoms with Gasteiger partial charge in [-0.1, -0.05) is 0 Å². The normalized spacial score (nSPS) is 12.7. The summed E-state index contributed by atoms with van der Waals surface area (Å²) >= 11 is 0. The van der Waals surface area contributed by atoms with Gasteiger partial charge >= 0.3 is 5.97 Å². The van der Waals surface area contributed by atoms with Gasteiger partial charge in [-0.2, -0.15) is 5.26 Å². The highest BCUT2D eigenvalue weighted by Crippen LogP contribution is 2.34. The lowest BCUT2D eigenvalue weighted by Crippen LogP contribution is -2.07. The fraction of sp³-hybridized carbons (Fsp3) is 0.231. The van der Waals surface area contributed by atoms with Gasteiger partial charge in [0.25, 0.3) is 0 Å². The summed E-state index contributed by atoms with van der Waals surface area (Å²) < 4.78 is 15.1. The lowest BCUT2D eigenvalue weighted by molar-refractivity contribution is -0.138. The van der Waals surface area contributed by atoms with Crippen LogP contribution >= 0.6 is 0 Å². The maximum atomic E-state index is 11.4. The zero-order valence-corrected chi connectivity index (χ0v) is 10.3. The van der Waals surface area contributed by atoms with Crippen LogP contribution in [-0.4, -0.2) is 19.4 Å². The van der Waals surface area contributed by atoms with Gasteiger partial charge < -0.3 is 19.5 Å². The van der Waals surface area contributed by atoms with E-state index in [-0.39, 0.29) is 19.0 Å². The molecule has 6 nitrogen and oxygen atoms in total. The number of esters is 1. The number of anilines is 1. The largest absolute Gasteiger partial charge is 0.462 e. The minimum absolute atomic E-state index is 0.0977. The number of rotatable bonds is 4. The molecule has 1 aliphatic heterocycles. The van der Waals surface area contributed by atoms with Crippen molar-refractivity contribution in [2.75, 3.05) is 18.7 Å². The molecule has 0 saturated carbocycles. The Kier molecular flexibility index (Phi) is 3.88. The van der Waals surface area contributed by atoms with Crippen molar-refractivity contribution in [2.24, 2.45) is 0 Å². The van der Waals surface area contributed by atoms with Crippen LogP contribution in [0.5, 0.6) is 11.5 Å². The summed E-state index contributed by atoms with van der Waals surface area (Å²) in [6, 6.07) is 7.00. The molecule has 0 saturated heterocycles.